The van der Waals surface area contributed by atoms with Crippen LogP contribution in [0.1, 0.15) is 33.6 Å². The number of nitrogens with two attached hydrogens (primary N) is 1. The molecule has 0 saturated heterocycles. The Hall–Kier alpha value is -0.170. The molecule has 0 aromatic heterocycles. The highest BCUT2D eigenvalue weighted by Gasteiger charge is 2.15. The molecule has 16 heavy (non-hydrogen) atoms. The van der Waals surface area contributed by atoms with Crippen LogP contribution in [0.2, 0.25) is 0 Å². The Bertz CT molecular complexity index is 283. The van der Waals surface area contributed by atoms with Crippen LogP contribution in [0.5, 0.6) is 0 Å². The molecule has 0 aliphatic heterocycles. The van der Waals surface area contributed by atoms with Crippen molar-refractivity contribution in [2.45, 2.75) is 45.3 Å². The summed E-state index contributed by atoms with van der Waals surface area (Å²) in [6, 6.07) is 0.000903. The molecule has 0 aromatic carbocycles. The minimum absolute atomic E-state index is 0.000903. The lowest BCUT2D eigenvalue weighted by Crippen LogP contribution is -2.41. The molecule has 0 fully saturated rings. The molecule has 1 atom stereocenters. The molecule has 0 radical (unpaired) electrons. The van der Waals surface area contributed by atoms with Gasteiger partial charge in [0.1, 0.15) is 9.84 Å². The predicted molar refractivity (Wildman–Crippen MR) is 65.8 cm³/mol. The first-order valence-electron chi connectivity index (χ1n) is 5.42. The summed E-state index contributed by atoms with van der Waals surface area (Å²) in [4.78, 5) is 0. The van der Waals surface area contributed by atoms with Crippen LogP contribution >= 0.6 is 0 Å². The van der Waals surface area contributed by atoms with Crippen LogP contribution in [-0.4, -0.2) is 38.7 Å². The van der Waals surface area contributed by atoms with Crippen molar-refractivity contribution in [2.75, 3.05) is 18.6 Å². The third-order valence-corrected chi connectivity index (χ3v) is 3.05. The lowest BCUT2D eigenvalue weighted by molar-refractivity contribution is -0.0154. The Morgan fingerprint density at radius 3 is 2.31 bits per heavy atom. The molecule has 0 saturated carbocycles. The maximum atomic E-state index is 10.9. The van der Waals surface area contributed by atoms with Gasteiger partial charge < -0.3 is 4.74 Å². The van der Waals surface area contributed by atoms with Crippen molar-refractivity contribution in [1.82, 2.24) is 5.43 Å². The van der Waals surface area contributed by atoms with Crippen molar-refractivity contribution in [3.63, 3.8) is 0 Å². The molecule has 0 aliphatic carbocycles. The van der Waals surface area contributed by atoms with Crippen LogP contribution in [0.4, 0.5) is 0 Å². The standard InChI is InChI=1S/C10H24N2O3S/c1-10(2,3)15-8-9(12-11)6-5-7-16(4,13)14/h9,12H,5-8,11H2,1-4H3. The highest BCUT2D eigenvalue weighted by Crippen LogP contribution is 2.09. The molecule has 1 unspecified atom stereocenters. The van der Waals surface area contributed by atoms with Crippen molar-refractivity contribution in [1.29, 1.82) is 0 Å². The van der Waals surface area contributed by atoms with E-state index in [0.717, 1.165) is 0 Å². The van der Waals surface area contributed by atoms with Crippen molar-refractivity contribution >= 4 is 9.84 Å². The number of sulfone groups is 1. The molecule has 0 heterocycles. The van der Waals surface area contributed by atoms with Gasteiger partial charge in [-0.05, 0) is 33.6 Å². The first-order valence-corrected chi connectivity index (χ1v) is 7.48. The molecule has 0 rings (SSSR count). The van der Waals surface area contributed by atoms with Gasteiger partial charge in [0.25, 0.3) is 0 Å². The molecule has 3 N–H and O–H groups in total. The highest BCUT2D eigenvalue weighted by atomic mass is 32.2. The van der Waals surface area contributed by atoms with E-state index >= 15 is 0 Å². The van der Waals surface area contributed by atoms with E-state index in [1.54, 1.807) is 0 Å². The van der Waals surface area contributed by atoms with Gasteiger partial charge in [-0.1, -0.05) is 0 Å². The second kappa shape index (κ2) is 6.54. The largest absolute Gasteiger partial charge is 0.374 e. The molecule has 6 heteroatoms. The first-order chi connectivity index (χ1) is 7.14. The van der Waals surface area contributed by atoms with Gasteiger partial charge in [0.05, 0.1) is 12.2 Å². The van der Waals surface area contributed by atoms with E-state index in [-0.39, 0.29) is 17.4 Å². The van der Waals surface area contributed by atoms with Gasteiger partial charge in [-0.3, -0.25) is 11.3 Å². The smallest absolute Gasteiger partial charge is 0.147 e. The number of hydrogen-bond donors (Lipinski definition) is 2. The summed E-state index contributed by atoms with van der Waals surface area (Å²) in [6.45, 7) is 6.40. The quantitative estimate of drug-likeness (QED) is 0.508. The third kappa shape index (κ3) is 10.4. The number of nitrogens with one attached hydrogen (secondary N) is 1. The SMILES string of the molecule is CC(C)(C)OCC(CCCS(C)(=O)=O)NN. The fourth-order valence-corrected chi connectivity index (χ4v) is 1.85. The topological polar surface area (TPSA) is 81.4 Å². The lowest BCUT2D eigenvalue weighted by Gasteiger charge is -2.24. The maximum Gasteiger partial charge on any atom is 0.147 e. The summed E-state index contributed by atoms with van der Waals surface area (Å²) in [5, 5.41) is 0. The van der Waals surface area contributed by atoms with Crippen LogP contribution in [0.25, 0.3) is 0 Å². The van der Waals surface area contributed by atoms with E-state index in [4.69, 9.17) is 10.6 Å². The summed E-state index contributed by atoms with van der Waals surface area (Å²) >= 11 is 0. The van der Waals surface area contributed by atoms with Gasteiger partial charge in [-0.15, -0.1) is 0 Å². The first kappa shape index (κ1) is 15.8. The van der Waals surface area contributed by atoms with Crippen molar-refractivity contribution in [2.24, 2.45) is 5.84 Å². The van der Waals surface area contributed by atoms with Gasteiger partial charge >= 0.3 is 0 Å². The molecule has 0 aliphatic rings. The minimum Gasteiger partial charge on any atom is -0.374 e. The monoisotopic (exact) mass is 252 g/mol. The van der Waals surface area contributed by atoms with Crippen LogP contribution in [0.3, 0.4) is 0 Å². The van der Waals surface area contributed by atoms with Gasteiger partial charge in [0, 0.05) is 18.1 Å². The van der Waals surface area contributed by atoms with Crippen molar-refractivity contribution in [3.8, 4) is 0 Å². The summed E-state index contributed by atoms with van der Waals surface area (Å²) in [7, 11) is -2.88. The number of ether oxygens (including phenoxy) is 1. The summed E-state index contributed by atoms with van der Waals surface area (Å²) in [6.07, 6.45) is 2.53. The molecule has 0 amide bonds. The van der Waals surface area contributed by atoms with Gasteiger partial charge in [0.15, 0.2) is 0 Å². The van der Waals surface area contributed by atoms with E-state index in [1.807, 2.05) is 20.8 Å². The Morgan fingerprint density at radius 1 is 1.38 bits per heavy atom. The Balaban J connectivity index is 3.85. The minimum atomic E-state index is -2.88. The molecule has 0 bridgehead atoms. The Morgan fingerprint density at radius 2 is 1.94 bits per heavy atom. The molecular formula is C10H24N2O3S. The van der Waals surface area contributed by atoms with E-state index in [1.165, 1.54) is 6.26 Å². The van der Waals surface area contributed by atoms with Gasteiger partial charge in [-0.25, -0.2) is 8.42 Å². The Kier molecular flexibility index (Phi) is 6.47. The molecule has 98 valence electrons. The molecular weight excluding hydrogens is 228 g/mol. The van der Waals surface area contributed by atoms with E-state index in [9.17, 15) is 8.42 Å². The zero-order valence-electron chi connectivity index (χ0n) is 10.6. The molecule has 0 spiro atoms. The predicted octanol–water partition coefficient (Wildman–Crippen LogP) is 0.458. The van der Waals surface area contributed by atoms with E-state index in [2.05, 4.69) is 5.43 Å². The highest BCUT2D eigenvalue weighted by molar-refractivity contribution is 7.90. The summed E-state index contributed by atoms with van der Waals surface area (Å²) < 4.78 is 27.4. The van der Waals surface area contributed by atoms with Crippen LogP contribution < -0.4 is 11.3 Å². The number of hydrazine groups is 1. The average molecular weight is 252 g/mol. The Labute approximate surface area is 98.6 Å². The van der Waals surface area contributed by atoms with Crippen LogP contribution in [0.15, 0.2) is 0 Å². The molecule has 5 nitrogen and oxygen atoms in total. The van der Waals surface area contributed by atoms with Gasteiger partial charge in [-0.2, -0.15) is 0 Å². The lowest BCUT2D eigenvalue weighted by atomic mass is 10.1. The molecule has 0 aromatic rings. The van der Waals surface area contributed by atoms with Crippen LogP contribution in [0, 0.1) is 0 Å². The van der Waals surface area contributed by atoms with Crippen LogP contribution in [-0.2, 0) is 14.6 Å². The average Bonchev–Trinajstić information content (AvgIpc) is 2.07. The van der Waals surface area contributed by atoms with E-state index < -0.39 is 9.84 Å². The normalized spacial score (nSPS) is 15.1. The number of rotatable bonds is 7. The second-order valence-corrected chi connectivity index (χ2v) is 7.32. The third-order valence-electron chi connectivity index (χ3n) is 2.02. The fourth-order valence-electron chi connectivity index (χ4n) is 1.16. The zero-order valence-corrected chi connectivity index (χ0v) is 11.4. The van der Waals surface area contributed by atoms with Gasteiger partial charge in [0.2, 0.25) is 0 Å². The summed E-state index contributed by atoms with van der Waals surface area (Å²) in [5.74, 6) is 5.57. The van der Waals surface area contributed by atoms with Crippen molar-refractivity contribution < 1.29 is 13.2 Å². The second-order valence-electron chi connectivity index (χ2n) is 5.06. The van der Waals surface area contributed by atoms with Crippen molar-refractivity contribution in [3.05, 3.63) is 0 Å². The maximum absolute atomic E-state index is 10.9. The number of hydrogen-bond acceptors (Lipinski definition) is 5. The zero-order chi connectivity index (χ0) is 12.8. The van der Waals surface area contributed by atoms with E-state index in [0.29, 0.717) is 19.4 Å². The fraction of sp³-hybridized carbons (Fsp3) is 1.00. The summed E-state index contributed by atoms with van der Waals surface area (Å²) in [5.41, 5.74) is 2.44.